The third-order valence-electron chi connectivity index (χ3n) is 3.09. The molecule has 2 amide bonds. The van der Waals surface area contributed by atoms with Crippen LogP contribution < -0.4 is 15.0 Å². The number of halogens is 2. The molecule has 1 N–H and O–H groups in total. The maximum absolute atomic E-state index is 12.4. The van der Waals surface area contributed by atoms with E-state index in [1.807, 2.05) is 6.07 Å². The number of carbonyl (C=O) groups excluding carboxylic acids is 2. The molecule has 20 heavy (non-hydrogen) atoms. The van der Waals surface area contributed by atoms with Gasteiger partial charge in [0.2, 0.25) is 11.8 Å². The van der Waals surface area contributed by atoms with E-state index < -0.39 is 6.04 Å². The van der Waals surface area contributed by atoms with Crippen molar-refractivity contribution in [2.24, 2.45) is 0 Å². The Balaban J connectivity index is 2.43. The van der Waals surface area contributed by atoms with Crippen LogP contribution in [0.3, 0.4) is 0 Å². The van der Waals surface area contributed by atoms with Gasteiger partial charge >= 0.3 is 0 Å². The third-order valence-corrected chi connectivity index (χ3v) is 4.34. The van der Waals surface area contributed by atoms with E-state index in [9.17, 15) is 9.59 Å². The number of anilines is 1. The van der Waals surface area contributed by atoms with Gasteiger partial charge in [-0.05, 0) is 44.8 Å². The molecule has 2 rings (SSSR count). The van der Waals surface area contributed by atoms with E-state index in [2.05, 4.69) is 37.2 Å². The number of hydrogen-bond donors (Lipinski definition) is 1. The normalized spacial score (nSPS) is 19.6. The number of amides is 2. The molecule has 1 unspecified atom stereocenters. The Labute approximate surface area is 133 Å². The zero-order valence-electron chi connectivity index (χ0n) is 11.1. The highest BCUT2D eigenvalue weighted by atomic mass is 79.9. The molecule has 0 radical (unpaired) electrons. The Morgan fingerprint density at radius 2 is 2.00 bits per heavy atom. The molecule has 5 nitrogen and oxygen atoms in total. The summed E-state index contributed by atoms with van der Waals surface area (Å²) in [5.74, 6) is 0.377. The van der Waals surface area contributed by atoms with Gasteiger partial charge in [-0.25, -0.2) is 0 Å². The first kappa shape index (κ1) is 15.3. The molecular weight excluding hydrogens is 392 g/mol. The van der Waals surface area contributed by atoms with Crippen LogP contribution in [0.25, 0.3) is 0 Å². The number of carbonyl (C=O) groups is 2. The van der Waals surface area contributed by atoms with Gasteiger partial charge in [0.25, 0.3) is 0 Å². The zero-order chi connectivity index (χ0) is 14.9. The largest absolute Gasteiger partial charge is 0.495 e. The third kappa shape index (κ3) is 2.98. The van der Waals surface area contributed by atoms with Gasteiger partial charge in [0, 0.05) is 23.5 Å². The van der Waals surface area contributed by atoms with Crippen LogP contribution in [0, 0.1) is 0 Å². The second kappa shape index (κ2) is 6.13. The summed E-state index contributed by atoms with van der Waals surface area (Å²) in [5, 5.41) is 2.66. The Morgan fingerprint density at radius 1 is 1.30 bits per heavy atom. The molecule has 0 aromatic heterocycles. The zero-order valence-corrected chi connectivity index (χ0v) is 14.2. The number of rotatable bonds is 2. The van der Waals surface area contributed by atoms with Crippen LogP contribution in [0.2, 0.25) is 0 Å². The summed E-state index contributed by atoms with van der Waals surface area (Å²) in [6.45, 7) is 2.03. The van der Waals surface area contributed by atoms with E-state index in [-0.39, 0.29) is 18.2 Å². The summed E-state index contributed by atoms with van der Waals surface area (Å²) < 4.78 is 6.81. The summed E-state index contributed by atoms with van der Waals surface area (Å²) in [5.41, 5.74) is 0.693. The van der Waals surface area contributed by atoms with E-state index in [0.717, 1.165) is 8.95 Å². The quantitative estimate of drug-likeness (QED) is 0.822. The highest BCUT2D eigenvalue weighted by Crippen LogP contribution is 2.37. The van der Waals surface area contributed by atoms with Gasteiger partial charge in [-0.2, -0.15) is 0 Å². The summed E-state index contributed by atoms with van der Waals surface area (Å²) in [6, 6.07) is 3.06. The molecule has 1 atom stereocenters. The number of methoxy groups -OCH3 is 1. The van der Waals surface area contributed by atoms with Crippen LogP contribution in [0.5, 0.6) is 5.75 Å². The van der Waals surface area contributed by atoms with Crippen molar-refractivity contribution >= 4 is 49.4 Å². The lowest BCUT2D eigenvalue weighted by Gasteiger charge is -2.24. The standard InChI is InChI=1S/C13H14Br2N2O3/c1-7-13(19)17(4-3-12(18)16-7)10-6-11(20-2)9(15)5-8(10)14/h5-7H,3-4H2,1-2H3,(H,16,18). The van der Waals surface area contributed by atoms with Crippen molar-refractivity contribution in [3.05, 3.63) is 21.1 Å². The molecular formula is C13H14Br2N2O3. The van der Waals surface area contributed by atoms with Crippen molar-refractivity contribution < 1.29 is 14.3 Å². The fraction of sp³-hybridized carbons (Fsp3) is 0.385. The first-order valence-electron chi connectivity index (χ1n) is 6.07. The number of benzene rings is 1. The summed E-state index contributed by atoms with van der Waals surface area (Å²) in [6.07, 6.45) is 0.279. The lowest BCUT2D eigenvalue weighted by Crippen LogP contribution is -2.42. The molecule has 0 saturated carbocycles. The lowest BCUT2D eigenvalue weighted by molar-refractivity contribution is -0.125. The van der Waals surface area contributed by atoms with Crippen molar-refractivity contribution in [2.45, 2.75) is 19.4 Å². The summed E-state index contributed by atoms with van der Waals surface area (Å²) in [4.78, 5) is 25.5. The second-order valence-corrected chi connectivity index (χ2v) is 6.18. The van der Waals surface area contributed by atoms with Crippen LogP contribution in [0.4, 0.5) is 5.69 Å². The van der Waals surface area contributed by atoms with Gasteiger partial charge in [-0.15, -0.1) is 0 Å². The molecule has 108 valence electrons. The van der Waals surface area contributed by atoms with Gasteiger partial charge in [-0.3, -0.25) is 9.59 Å². The molecule has 1 aromatic rings. The first-order chi connectivity index (χ1) is 9.43. The number of hydrogen-bond acceptors (Lipinski definition) is 3. The lowest BCUT2D eigenvalue weighted by atomic mass is 10.2. The van der Waals surface area contributed by atoms with Crippen LogP contribution in [0.15, 0.2) is 21.1 Å². The molecule has 1 aliphatic rings. The minimum Gasteiger partial charge on any atom is -0.495 e. The van der Waals surface area contributed by atoms with Gasteiger partial charge in [-0.1, -0.05) is 0 Å². The van der Waals surface area contributed by atoms with Crippen LogP contribution >= 0.6 is 31.9 Å². The highest BCUT2D eigenvalue weighted by molar-refractivity contribution is 9.11. The maximum Gasteiger partial charge on any atom is 0.249 e. The number of nitrogens with one attached hydrogen (secondary N) is 1. The molecule has 7 heteroatoms. The average molecular weight is 406 g/mol. The maximum atomic E-state index is 12.4. The van der Waals surface area contributed by atoms with E-state index in [4.69, 9.17) is 4.74 Å². The fourth-order valence-corrected chi connectivity index (χ4v) is 3.42. The van der Waals surface area contributed by atoms with Crippen molar-refractivity contribution in [3.8, 4) is 5.75 Å². The summed E-state index contributed by atoms with van der Waals surface area (Å²) in [7, 11) is 1.57. The molecule has 1 aliphatic heterocycles. The molecule has 1 fully saturated rings. The van der Waals surface area contributed by atoms with Crippen molar-refractivity contribution in [1.29, 1.82) is 0 Å². The van der Waals surface area contributed by atoms with Gasteiger partial charge < -0.3 is 15.0 Å². The average Bonchev–Trinajstić information content (AvgIpc) is 2.51. The fourth-order valence-electron chi connectivity index (χ4n) is 2.05. The SMILES string of the molecule is COc1cc(N2CCC(=O)NC(C)C2=O)c(Br)cc1Br. The van der Waals surface area contributed by atoms with E-state index in [1.165, 1.54) is 0 Å². The smallest absolute Gasteiger partial charge is 0.249 e. The molecule has 0 spiro atoms. The highest BCUT2D eigenvalue weighted by Gasteiger charge is 2.29. The van der Waals surface area contributed by atoms with E-state index in [0.29, 0.717) is 18.0 Å². The predicted octanol–water partition coefficient (Wildman–Crippen LogP) is 2.46. The van der Waals surface area contributed by atoms with Crippen LogP contribution in [0.1, 0.15) is 13.3 Å². The second-order valence-electron chi connectivity index (χ2n) is 4.47. The Morgan fingerprint density at radius 3 is 2.65 bits per heavy atom. The van der Waals surface area contributed by atoms with Crippen molar-refractivity contribution in [3.63, 3.8) is 0 Å². The van der Waals surface area contributed by atoms with Gasteiger partial charge in [0.05, 0.1) is 17.3 Å². The Hall–Kier alpha value is -1.08. The first-order valence-corrected chi connectivity index (χ1v) is 7.66. The molecule has 0 aliphatic carbocycles. The molecule has 1 saturated heterocycles. The van der Waals surface area contributed by atoms with Crippen LogP contribution in [-0.4, -0.2) is 31.5 Å². The Kier molecular flexibility index (Phi) is 4.70. The molecule has 1 heterocycles. The predicted molar refractivity (Wildman–Crippen MR) is 83.0 cm³/mol. The topological polar surface area (TPSA) is 58.6 Å². The Bertz CT molecular complexity index is 563. The number of nitrogens with zero attached hydrogens (tertiary/aromatic N) is 1. The molecule has 0 bridgehead atoms. The van der Waals surface area contributed by atoms with E-state index in [1.54, 1.807) is 25.0 Å². The minimum atomic E-state index is -0.536. The number of ether oxygens (including phenoxy) is 1. The van der Waals surface area contributed by atoms with E-state index >= 15 is 0 Å². The van der Waals surface area contributed by atoms with Crippen molar-refractivity contribution in [1.82, 2.24) is 5.32 Å². The minimum absolute atomic E-state index is 0.117. The van der Waals surface area contributed by atoms with Gasteiger partial charge in [0.1, 0.15) is 11.8 Å². The monoisotopic (exact) mass is 404 g/mol. The van der Waals surface area contributed by atoms with Gasteiger partial charge in [0.15, 0.2) is 0 Å². The summed E-state index contributed by atoms with van der Waals surface area (Å²) >= 11 is 6.84. The van der Waals surface area contributed by atoms with Crippen molar-refractivity contribution in [2.75, 3.05) is 18.6 Å². The molecule has 1 aromatic carbocycles. The van der Waals surface area contributed by atoms with Crippen LogP contribution in [-0.2, 0) is 9.59 Å².